The van der Waals surface area contributed by atoms with Crippen molar-refractivity contribution in [2.45, 2.75) is 19.5 Å². The molecule has 0 aliphatic heterocycles. The van der Waals surface area contributed by atoms with Crippen LogP contribution in [0.2, 0.25) is 0 Å². The molecule has 1 unspecified atom stereocenters. The molecule has 1 atom stereocenters. The van der Waals surface area contributed by atoms with Crippen molar-refractivity contribution in [3.05, 3.63) is 0 Å². The molecule has 0 amide bonds. The first kappa shape index (κ1) is 9.31. The van der Waals surface area contributed by atoms with Crippen LogP contribution >= 0.6 is 7.49 Å². The van der Waals surface area contributed by atoms with Crippen LogP contribution in [0.15, 0.2) is 0 Å². The normalized spacial score (nSPS) is 18.0. The van der Waals surface area contributed by atoms with E-state index in [1.54, 1.807) is 0 Å². The van der Waals surface area contributed by atoms with Crippen molar-refractivity contribution in [2.75, 3.05) is 13.0 Å². The van der Waals surface area contributed by atoms with Crippen molar-refractivity contribution >= 4 is 7.49 Å². The third kappa shape index (κ3) is 2.18. The average Bonchev–Trinajstić information content (AvgIpc) is 1.86. The summed E-state index contributed by atoms with van der Waals surface area (Å²) < 4.78 is 4.83. The molecule has 0 aromatic rings. The predicted octanol–water partition coefficient (Wildman–Crippen LogP) is 0.764. The quantitative estimate of drug-likeness (QED) is 0.462. The summed E-state index contributed by atoms with van der Waals surface area (Å²) in [6, 6.07) is 0. The van der Waals surface area contributed by atoms with Gasteiger partial charge in [0.15, 0.2) is 7.49 Å². The van der Waals surface area contributed by atoms with Crippen LogP contribution in [0.3, 0.4) is 0 Å². The molecule has 3 nitrogen and oxygen atoms in total. The molecular weight excluding hydrogens is 135 g/mol. The number of rotatable bonds is 3. The van der Waals surface area contributed by atoms with Crippen molar-refractivity contribution in [2.24, 2.45) is 11.6 Å². The number of hydrogen-bond donors (Lipinski definition) is 2. The third-order valence-corrected chi connectivity index (χ3v) is 5.09. The van der Waals surface area contributed by atoms with Crippen LogP contribution in [0.25, 0.3) is 0 Å². The van der Waals surface area contributed by atoms with Crippen molar-refractivity contribution in [1.82, 2.24) is 0 Å². The summed E-state index contributed by atoms with van der Waals surface area (Å²) in [5.41, 5.74) is 5.93. The van der Waals surface area contributed by atoms with Crippen LogP contribution in [-0.2, 0) is 4.62 Å². The lowest BCUT2D eigenvalue weighted by molar-refractivity contribution is 0.357. The first-order valence-electron chi connectivity index (χ1n) is 3.00. The molecule has 0 saturated carbocycles. The molecule has 0 aromatic carbocycles. The molecule has 0 radical (unpaired) electrons. The lowest BCUT2D eigenvalue weighted by Gasteiger charge is -2.19. The third-order valence-electron chi connectivity index (χ3n) is 1.70. The summed E-state index contributed by atoms with van der Waals surface area (Å²) in [6.45, 7) is 6.17. The van der Waals surface area contributed by atoms with Crippen molar-refractivity contribution in [3.63, 3.8) is 0 Å². The van der Waals surface area contributed by atoms with Gasteiger partial charge in [0.2, 0.25) is 0 Å². The zero-order valence-electron chi connectivity index (χ0n) is 6.29. The molecule has 56 valence electrons. The molecule has 4 N–H and O–H groups in total. The highest BCUT2D eigenvalue weighted by Gasteiger charge is 2.35. The molecule has 4 heteroatoms. The lowest BCUT2D eigenvalue weighted by atomic mass is 10.6. The van der Waals surface area contributed by atoms with E-state index in [0.717, 1.165) is 0 Å². The molecule has 0 heterocycles. The maximum absolute atomic E-state index is 5.46. The Morgan fingerprint density at radius 2 is 2.00 bits per heavy atom. The predicted molar refractivity (Wildman–Crippen MR) is 42.3 cm³/mol. The van der Waals surface area contributed by atoms with E-state index in [4.69, 9.17) is 16.3 Å². The summed E-state index contributed by atoms with van der Waals surface area (Å²) in [5, 5.41) is 0. The summed E-state index contributed by atoms with van der Waals surface area (Å²) in [7, 11) is -1.45. The van der Waals surface area contributed by atoms with Gasteiger partial charge in [0, 0.05) is 0 Å². The molecular formula is C5H16N2OP+. The van der Waals surface area contributed by atoms with E-state index in [9.17, 15) is 0 Å². The van der Waals surface area contributed by atoms with Gasteiger partial charge in [0.05, 0.1) is 12.3 Å². The van der Waals surface area contributed by atoms with Crippen molar-refractivity contribution in [1.29, 1.82) is 0 Å². The van der Waals surface area contributed by atoms with E-state index >= 15 is 0 Å². The van der Waals surface area contributed by atoms with Gasteiger partial charge in [-0.25, -0.2) is 0 Å². The summed E-state index contributed by atoms with van der Waals surface area (Å²) in [5.74, 6) is 5.09. The maximum Gasteiger partial charge on any atom is 0.184 e. The lowest BCUT2D eigenvalue weighted by Crippen LogP contribution is -2.19. The molecule has 0 aromatic heterocycles. The van der Waals surface area contributed by atoms with E-state index in [2.05, 4.69) is 13.8 Å². The summed E-state index contributed by atoms with van der Waals surface area (Å²) in [4.78, 5) is 0. The van der Waals surface area contributed by atoms with Crippen LogP contribution in [0, 0.1) is 0 Å². The molecule has 0 bridgehead atoms. The minimum absolute atomic E-state index is 0.465. The second kappa shape index (κ2) is 3.47. The van der Waals surface area contributed by atoms with Gasteiger partial charge in [-0.15, -0.1) is 0 Å². The van der Waals surface area contributed by atoms with Crippen LogP contribution in [0.4, 0.5) is 0 Å². The zero-order chi connectivity index (χ0) is 7.49. The Bertz CT molecular complexity index is 83.0. The van der Waals surface area contributed by atoms with E-state index in [0.29, 0.717) is 11.9 Å². The summed E-state index contributed by atoms with van der Waals surface area (Å²) in [6.07, 6.45) is 0.571. The van der Waals surface area contributed by atoms with Gasteiger partial charge in [-0.2, -0.15) is 10.5 Å². The smallest absolute Gasteiger partial charge is 0.184 e. The molecule has 0 saturated heterocycles. The van der Waals surface area contributed by atoms with Gasteiger partial charge in [-0.05, 0) is 13.8 Å². The molecule has 0 aliphatic carbocycles. The Kier molecular flexibility index (Phi) is 3.59. The highest BCUT2D eigenvalue weighted by Crippen LogP contribution is 2.57. The Hall–Kier alpha value is 0.310. The highest BCUT2D eigenvalue weighted by atomic mass is 31.2. The first-order chi connectivity index (χ1) is 4.06. The molecule has 0 rings (SSSR count). The minimum atomic E-state index is -1.45. The molecule has 0 spiro atoms. The second-order valence-corrected chi connectivity index (χ2v) is 6.51. The minimum Gasteiger partial charge on any atom is -0.297 e. The topological polar surface area (TPSA) is 61.3 Å². The Morgan fingerprint density at radius 1 is 1.56 bits per heavy atom. The van der Waals surface area contributed by atoms with E-state index < -0.39 is 7.49 Å². The van der Waals surface area contributed by atoms with Gasteiger partial charge in [-0.1, -0.05) is 0 Å². The fraction of sp³-hybridized carbons (Fsp3) is 1.00. The number of nitrogens with two attached hydrogens (primary N) is 2. The van der Waals surface area contributed by atoms with Gasteiger partial charge < -0.3 is 0 Å². The van der Waals surface area contributed by atoms with Crippen LogP contribution in [0.5, 0.6) is 0 Å². The zero-order valence-corrected chi connectivity index (χ0v) is 7.19. The van der Waals surface area contributed by atoms with E-state index in [1.165, 1.54) is 0 Å². The van der Waals surface area contributed by atoms with Crippen molar-refractivity contribution < 1.29 is 4.62 Å². The fourth-order valence-electron chi connectivity index (χ4n) is 0.376. The molecule has 9 heavy (non-hydrogen) atoms. The maximum atomic E-state index is 5.46. The SMILES string of the molecule is CC(C)[P+](C)(CN)ON. The number of hydrogen-bond acceptors (Lipinski definition) is 3. The van der Waals surface area contributed by atoms with E-state index in [1.807, 2.05) is 6.66 Å². The molecule has 0 fully saturated rings. The molecule has 0 aliphatic rings. The van der Waals surface area contributed by atoms with Gasteiger partial charge in [-0.3, -0.25) is 5.73 Å². The monoisotopic (exact) mass is 151 g/mol. The standard InChI is InChI=1S/C5H16N2OP/c1-5(2)9(3,4-6)8-7/h5H,4,6-7H2,1-3H3/q+1. The highest BCUT2D eigenvalue weighted by molar-refractivity contribution is 7.71. The van der Waals surface area contributed by atoms with Crippen molar-refractivity contribution in [3.8, 4) is 0 Å². The van der Waals surface area contributed by atoms with Crippen LogP contribution in [-0.4, -0.2) is 18.6 Å². The van der Waals surface area contributed by atoms with Gasteiger partial charge in [0.1, 0.15) is 6.29 Å². The Labute approximate surface area is 57.1 Å². The Balaban J connectivity index is 3.92. The Morgan fingerprint density at radius 3 is 2.00 bits per heavy atom. The second-order valence-electron chi connectivity index (χ2n) is 2.56. The largest absolute Gasteiger partial charge is 0.297 e. The van der Waals surface area contributed by atoms with Crippen LogP contribution < -0.4 is 11.6 Å². The van der Waals surface area contributed by atoms with Gasteiger partial charge in [0.25, 0.3) is 0 Å². The first-order valence-corrected chi connectivity index (χ1v) is 5.41. The average molecular weight is 151 g/mol. The summed E-state index contributed by atoms with van der Waals surface area (Å²) >= 11 is 0. The van der Waals surface area contributed by atoms with Crippen LogP contribution in [0.1, 0.15) is 13.8 Å². The fourth-order valence-corrected chi connectivity index (χ4v) is 1.13. The van der Waals surface area contributed by atoms with E-state index in [-0.39, 0.29) is 0 Å². The van der Waals surface area contributed by atoms with Gasteiger partial charge >= 0.3 is 0 Å².